The van der Waals surface area contributed by atoms with Crippen molar-refractivity contribution < 1.29 is 19.5 Å². The van der Waals surface area contributed by atoms with Crippen LogP contribution in [-0.2, 0) is 9.59 Å². The monoisotopic (exact) mass is 540 g/mol. The Bertz CT molecular complexity index is 1280. The Kier molecular flexibility index (Phi) is 8.63. The van der Waals surface area contributed by atoms with Crippen LogP contribution in [0.25, 0.3) is 11.1 Å². The number of carboxylic acid groups (broad SMARTS) is 1. The number of nitrogens with zero attached hydrogens (tertiary/aromatic N) is 2. The topological polar surface area (TPSA) is 112 Å². The fraction of sp³-hybridized carbons (Fsp3) is 0.259. The maximum Gasteiger partial charge on any atom is 0.328 e. The van der Waals surface area contributed by atoms with E-state index in [0.717, 1.165) is 16.8 Å². The number of hydrogen-bond acceptors (Lipinski definition) is 5. The van der Waals surface area contributed by atoms with E-state index in [1.54, 1.807) is 48.8 Å². The molecule has 192 valence electrons. The van der Waals surface area contributed by atoms with Crippen LogP contribution in [0.2, 0.25) is 10.0 Å². The number of pyridine rings is 1. The van der Waals surface area contributed by atoms with E-state index >= 15 is 0 Å². The lowest BCUT2D eigenvalue weighted by atomic mass is 9.95. The van der Waals surface area contributed by atoms with Crippen molar-refractivity contribution in [2.24, 2.45) is 5.92 Å². The summed E-state index contributed by atoms with van der Waals surface area (Å²) < 4.78 is 0. The van der Waals surface area contributed by atoms with E-state index in [4.69, 9.17) is 23.2 Å². The van der Waals surface area contributed by atoms with Crippen molar-refractivity contribution >= 4 is 46.7 Å². The highest BCUT2D eigenvalue weighted by molar-refractivity contribution is 6.43. The number of piperidine rings is 1. The van der Waals surface area contributed by atoms with E-state index in [0.29, 0.717) is 41.5 Å². The first-order valence-corrected chi connectivity index (χ1v) is 12.6. The van der Waals surface area contributed by atoms with Crippen molar-refractivity contribution in [1.29, 1.82) is 0 Å². The molecule has 0 bridgehead atoms. The number of aliphatic carboxylic acids is 1. The average molecular weight is 541 g/mol. The molecule has 4 rings (SSSR count). The van der Waals surface area contributed by atoms with Gasteiger partial charge in [-0.3, -0.25) is 14.6 Å². The van der Waals surface area contributed by atoms with E-state index in [1.807, 2.05) is 18.2 Å². The van der Waals surface area contributed by atoms with Gasteiger partial charge < -0.3 is 20.6 Å². The highest BCUT2D eigenvalue weighted by atomic mass is 35.5. The molecular weight excluding hydrogens is 515 g/mol. The highest BCUT2D eigenvalue weighted by Gasteiger charge is 2.29. The summed E-state index contributed by atoms with van der Waals surface area (Å²) in [6, 6.07) is 14.7. The van der Waals surface area contributed by atoms with E-state index in [2.05, 4.69) is 20.5 Å². The number of carbonyl (C=O) groups is 3. The second-order valence-electron chi connectivity index (χ2n) is 8.77. The smallest absolute Gasteiger partial charge is 0.328 e. The van der Waals surface area contributed by atoms with Crippen LogP contribution in [0.15, 0.2) is 67.0 Å². The molecule has 2 amide bonds. The summed E-state index contributed by atoms with van der Waals surface area (Å²) in [5.74, 6) is -2.27. The lowest BCUT2D eigenvalue weighted by Gasteiger charge is -2.33. The van der Waals surface area contributed by atoms with Crippen molar-refractivity contribution in [2.45, 2.75) is 18.9 Å². The number of nitrogens with one attached hydrogen (secondary N) is 2. The first kappa shape index (κ1) is 26.4. The van der Waals surface area contributed by atoms with Gasteiger partial charge >= 0.3 is 5.97 Å². The molecule has 0 saturated carbocycles. The number of anilines is 1. The molecule has 1 saturated heterocycles. The molecule has 37 heavy (non-hydrogen) atoms. The molecule has 8 nitrogen and oxygen atoms in total. The molecule has 1 aliphatic rings. The van der Waals surface area contributed by atoms with Crippen molar-refractivity contribution in [3.63, 3.8) is 0 Å². The predicted molar refractivity (Wildman–Crippen MR) is 143 cm³/mol. The van der Waals surface area contributed by atoms with E-state index in [9.17, 15) is 19.5 Å². The number of carboxylic acids is 1. The Labute approximate surface area is 224 Å². The standard InChI is InChI=1S/C27H26Cl2N4O4/c28-22-8-4-7-21(24(22)29)19-13-20(15-30-14-19)33-11-9-18(10-12-33)26(35)32-23(27(36)37)16-31-25(34)17-5-2-1-3-6-17/h1-8,13-15,18,23H,9-12,16H2,(H,31,34)(H,32,35)(H,36,37). The van der Waals surface area contributed by atoms with E-state index < -0.39 is 17.9 Å². The minimum absolute atomic E-state index is 0.210. The minimum atomic E-state index is -1.22. The fourth-order valence-electron chi connectivity index (χ4n) is 4.25. The zero-order valence-electron chi connectivity index (χ0n) is 19.9. The van der Waals surface area contributed by atoms with E-state index in [-0.39, 0.29) is 18.4 Å². The zero-order chi connectivity index (χ0) is 26.4. The van der Waals surface area contributed by atoms with Gasteiger partial charge in [-0.05, 0) is 37.1 Å². The second kappa shape index (κ2) is 12.1. The Morgan fingerprint density at radius 1 is 1.03 bits per heavy atom. The Morgan fingerprint density at radius 3 is 2.46 bits per heavy atom. The van der Waals surface area contributed by atoms with Crippen LogP contribution in [-0.4, -0.2) is 53.6 Å². The molecule has 0 radical (unpaired) electrons. The number of carbonyl (C=O) groups excluding carboxylic acids is 2. The third kappa shape index (κ3) is 6.58. The van der Waals surface area contributed by atoms with Crippen molar-refractivity contribution in [3.05, 3.63) is 82.6 Å². The number of amides is 2. The minimum Gasteiger partial charge on any atom is -0.480 e. The van der Waals surface area contributed by atoms with Gasteiger partial charge in [-0.2, -0.15) is 0 Å². The van der Waals surface area contributed by atoms with Crippen LogP contribution in [0.4, 0.5) is 5.69 Å². The maximum atomic E-state index is 12.8. The third-order valence-electron chi connectivity index (χ3n) is 6.33. The number of rotatable bonds is 8. The molecule has 0 aliphatic carbocycles. The molecule has 2 heterocycles. The number of benzene rings is 2. The number of halogens is 2. The maximum absolute atomic E-state index is 12.8. The van der Waals surface area contributed by atoms with Gasteiger partial charge in [0, 0.05) is 48.4 Å². The van der Waals surface area contributed by atoms with Gasteiger partial charge in [-0.1, -0.05) is 53.5 Å². The van der Waals surface area contributed by atoms with Gasteiger partial charge in [0.1, 0.15) is 6.04 Å². The van der Waals surface area contributed by atoms with Crippen molar-refractivity contribution in [3.8, 4) is 11.1 Å². The lowest BCUT2D eigenvalue weighted by Crippen LogP contribution is -2.51. The zero-order valence-corrected chi connectivity index (χ0v) is 21.4. The third-order valence-corrected chi connectivity index (χ3v) is 7.15. The molecule has 1 aliphatic heterocycles. The average Bonchev–Trinajstić information content (AvgIpc) is 2.92. The Hall–Kier alpha value is -3.62. The summed E-state index contributed by atoms with van der Waals surface area (Å²) in [7, 11) is 0. The first-order chi connectivity index (χ1) is 17.8. The van der Waals surface area contributed by atoms with Gasteiger partial charge in [0.05, 0.1) is 21.9 Å². The molecule has 2 aromatic carbocycles. The molecule has 1 atom stereocenters. The van der Waals surface area contributed by atoms with Gasteiger partial charge in [0.15, 0.2) is 0 Å². The van der Waals surface area contributed by atoms with Crippen LogP contribution in [0.1, 0.15) is 23.2 Å². The Balaban J connectivity index is 1.33. The van der Waals surface area contributed by atoms with Crippen LogP contribution < -0.4 is 15.5 Å². The van der Waals surface area contributed by atoms with Gasteiger partial charge in [0.25, 0.3) is 5.91 Å². The normalized spacial score (nSPS) is 14.6. The van der Waals surface area contributed by atoms with Crippen LogP contribution in [0.5, 0.6) is 0 Å². The van der Waals surface area contributed by atoms with Crippen molar-refractivity contribution in [2.75, 3.05) is 24.5 Å². The van der Waals surface area contributed by atoms with Crippen LogP contribution in [0.3, 0.4) is 0 Å². The molecule has 3 aromatic rings. The summed E-state index contributed by atoms with van der Waals surface area (Å²) in [4.78, 5) is 43.3. The molecule has 1 unspecified atom stereocenters. The highest BCUT2D eigenvalue weighted by Crippen LogP contribution is 2.35. The summed E-state index contributed by atoms with van der Waals surface area (Å²) >= 11 is 12.5. The largest absolute Gasteiger partial charge is 0.480 e. The lowest BCUT2D eigenvalue weighted by molar-refractivity contribution is -0.142. The Morgan fingerprint density at radius 2 is 1.76 bits per heavy atom. The summed E-state index contributed by atoms with van der Waals surface area (Å²) in [5.41, 5.74) is 2.95. The second-order valence-corrected chi connectivity index (χ2v) is 9.56. The molecule has 1 fully saturated rings. The quantitative estimate of drug-likeness (QED) is 0.393. The SMILES string of the molecule is O=C(NCC(NC(=O)C1CCN(c2cncc(-c3cccc(Cl)c3Cl)c2)CC1)C(=O)O)c1ccccc1. The van der Waals surface area contributed by atoms with Crippen molar-refractivity contribution in [1.82, 2.24) is 15.6 Å². The van der Waals surface area contributed by atoms with Crippen LogP contribution in [0, 0.1) is 5.92 Å². The van der Waals surface area contributed by atoms with Crippen LogP contribution >= 0.6 is 23.2 Å². The summed E-state index contributed by atoms with van der Waals surface area (Å²) in [6.45, 7) is 1.00. The van der Waals surface area contributed by atoms with E-state index in [1.165, 1.54) is 0 Å². The molecule has 3 N–H and O–H groups in total. The fourth-order valence-corrected chi connectivity index (χ4v) is 4.66. The molecule has 10 heteroatoms. The molecular formula is C27H26Cl2N4O4. The molecule has 1 aromatic heterocycles. The summed E-state index contributed by atoms with van der Waals surface area (Å²) in [5, 5.41) is 15.6. The predicted octanol–water partition coefficient (Wildman–Crippen LogP) is 4.27. The number of hydrogen-bond donors (Lipinski definition) is 3. The van der Waals surface area contributed by atoms with Gasteiger partial charge in [0.2, 0.25) is 5.91 Å². The molecule has 0 spiro atoms. The number of aromatic nitrogens is 1. The van der Waals surface area contributed by atoms with Gasteiger partial charge in [-0.15, -0.1) is 0 Å². The first-order valence-electron chi connectivity index (χ1n) is 11.8. The van der Waals surface area contributed by atoms with Gasteiger partial charge in [-0.25, -0.2) is 4.79 Å². The summed E-state index contributed by atoms with van der Waals surface area (Å²) in [6.07, 6.45) is 4.59.